The molecule has 4 N–H and O–H groups in total. The number of nitrogens with two attached hydrogens (primary N) is 1. The van der Waals surface area contributed by atoms with Crippen LogP contribution in [0.25, 0.3) is 0 Å². The monoisotopic (exact) mass is 365 g/mol. The first-order valence-corrected chi connectivity index (χ1v) is 8.01. The SMILES string of the molecule is CC(=O)NCCN(C(=O)CCOc1cccc(C(N)=O)c1)C(C)C(=O)O. The van der Waals surface area contributed by atoms with Crippen LogP contribution in [0.4, 0.5) is 0 Å². The van der Waals surface area contributed by atoms with Gasteiger partial charge in [0.2, 0.25) is 17.7 Å². The van der Waals surface area contributed by atoms with Gasteiger partial charge >= 0.3 is 5.97 Å². The van der Waals surface area contributed by atoms with E-state index in [2.05, 4.69) is 5.32 Å². The Kier molecular flexibility index (Phi) is 8.07. The quantitative estimate of drug-likeness (QED) is 0.533. The third-order valence-corrected chi connectivity index (χ3v) is 3.58. The molecule has 9 nitrogen and oxygen atoms in total. The Hall–Kier alpha value is -3.10. The van der Waals surface area contributed by atoms with Crippen molar-refractivity contribution in [3.05, 3.63) is 29.8 Å². The fourth-order valence-corrected chi connectivity index (χ4v) is 2.16. The van der Waals surface area contributed by atoms with E-state index in [-0.39, 0.29) is 37.6 Å². The molecule has 26 heavy (non-hydrogen) atoms. The van der Waals surface area contributed by atoms with Crippen LogP contribution >= 0.6 is 0 Å². The van der Waals surface area contributed by atoms with E-state index in [1.165, 1.54) is 24.8 Å². The van der Waals surface area contributed by atoms with Gasteiger partial charge in [0.05, 0.1) is 13.0 Å². The van der Waals surface area contributed by atoms with E-state index in [0.717, 1.165) is 0 Å². The predicted molar refractivity (Wildman–Crippen MR) is 92.6 cm³/mol. The number of amides is 3. The molecule has 142 valence electrons. The lowest BCUT2D eigenvalue weighted by Gasteiger charge is -2.26. The molecule has 1 aromatic carbocycles. The Bertz CT molecular complexity index is 676. The van der Waals surface area contributed by atoms with Crippen molar-refractivity contribution in [1.29, 1.82) is 0 Å². The summed E-state index contributed by atoms with van der Waals surface area (Å²) >= 11 is 0. The molecule has 1 atom stereocenters. The fraction of sp³-hybridized carbons (Fsp3) is 0.412. The second-order valence-corrected chi connectivity index (χ2v) is 5.57. The Morgan fingerprint density at radius 3 is 2.58 bits per heavy atom. The minimum Gasteiger partial charge on any atom is -0.493 e. The number of carboxylic acids is 1. The van der Waals surface area contributed by atoms with Gasteiger partial charge in [-0.1, -0.05) is 6.07 Å². The molecule has 0 spiro atoms. The molecule has 0 aromatic heterocycles. The van der Waals surface area contributed by atoms with Crippen LogP contribution in [0.2, 0.25) is 0 Å². The maximum absolute atomic E-state index is 12.3. The van der Waals surface area contributed by atoms with Crippen molar-refractivity contribution in [2.75, 3.05) is 19.7 Å². The second kappa shape index (κ2) is 10.0. The molecule has 0 aliphatic carbocycles. The first-order chi connectivity index (χ1) is 12.2. The summed E-state index contributed by atoms with van der Waals surface area (Å²) in [6.45, 7) is 2.96. The fourth-order valence-electron chi connectivity index (χ4n) is 2.16. The summed E-state index contributed by atoms with van der Waals surface area (Å²) in [5.41, 5.74) is 5.47. The van der Waals surface area contributed by atoms with Gasteiger partial charge in [0, 0.05) is 25.6 Å². The Morgan fingerprint density at radius 2 is 2.00 bits per heavy atom. The summed E-state index contributed by atoms with van der Waals surface area (Å²) in [5, 5.41) is 11.7. The molecule has 9 heteroatoms. The highest BCUT2D eigenvalue weighted by atomic mass is 16.5. The summed E-state index contributed by atoms with van der Waals surface area (Å²) < 4.78 is 5.43. The number of hydrogen-bond acceptors (Lipinski definition) is 5. The number of aliphatic carboxylic acids is 1. The Balaban J connectivity index is 2.62. The number of benzene rings is 1. The van der Waals surface area contributed by atoms with Crippen LogP contribution in [-0.2, 0) is 14.4 Å². The van der Waals surface area contributed by atoms with Gasteiger partial charge in [0.15, 0.2) is 0 Å². The average molecular weight is 365 g/mol. The lowest BCUT2D eigenvalue weighted by molar-refractivity contribution is -0.149. The van der Waals surface area contributed by atoms with Crippen molar-refractivity contribution in [3.63, 3.8) is 0 Å². The van der Waals surface area contributed by atoms with E-state index in [4.69, 9.17) is 15.6 Å². The number of carboxylic acid groups (broad SMARTS) is 1. The van der Waals surface area contributed by atoms with E-state index in [1.807, 2.05) is 0 Å². The molecule has 3 amide bonds. The van der Waals surface area contributed by atoms with Gasteiger partial charge in [-0.3, -0.25) is 14.4 Å². The number of carbonyl (C=O) groups excluding carboxylic acids is 3. The minimum atomic E-state index is -1.14. The van der Waals surface area contributed by atoms with Crippen molar-refractivity contribution in [3.8, 4) is 5.75 Å². The van der Waals surface area contributed by atoms with E-state index < -0.39 is 23.8 Å². The molecule has 1 aromatic rings. The van der Waals surface area contributed by atoms with E-state index in [9.17, 15) is 19.2 Å². The number of ether oxygens (including phenoxy) is 1. The lowest BCUT2D eigenvalue weighted by Crippen LogP contribution is -2.47. The van der Waals surface area contributed by atoms with E-state index >= 15 is 0 Å². The summed E-state index contributed by atoms with van der Waals surface area (Å²) in [5.74, 6) is -2.04. The van der Waals surface area contributed by atoms with Crippen molar-refractivity contribution in [2.24, 2.45) is 5.73 Å². The lowest BCUT2D eigenvalue weighted by atomic mass is 10.2. The van der Waals surface area contributed by atoms with Crippen LogP contribution in [0, 0.1) is 0 Å². The number of nitrogens with one attached hydrogen (secondary N) is 1. The number of primary amides is 1. The molecule has 0 aliphatic heterocycles. The van der Waals surface area contributed by atoms with E-state index in [0.29, 0.717) is 5.75 Å². The third kappa shape index (κ3) is 6.80. The van der Waals surface area contributed by atoms with Crippen molar-refractivity contribution >= 4 is 23.7 Å². The maximum Gasteiger partial charge on any atom is 0.326 e. The number of carbonyl (C=O) groups is 4. The highest BCUT2D eigenvalue weighted by molar-refractivity contribution is 5.93. The Labute approximate surface area is 151 Å². The van der Waals surface area contributed by atoms with Crippen molar-refractivity contribution < 1.29 is 29.0 Å². The van der Waals surface area contributed by atoms with Crippen LogP contribution in [0.3, 0.4) is 0 Å². The summed E-state index contributed by atoms with van der Waals surface area (Å²) in [4.78, 5) is 46.7. The highest BCUT2D eigenvalue weighted by Gasteiger charge is 2.25. The van der Waals surface area contributed by atoms with Crippen LogP contribution in [0.5, 0.6) is 5.75 Å². The first kappa shape index (κ1) is 20.9. The summed E-state index contributed by atoms with van der Waals surface area (Å²) in [6.07, 6.45) is -0.0571. The highest BCUT2D eigenvalue weighted by Crippen LogP contribution is 2.13. The molecule has 1 rings (SSSR count). The zero-order valence-corrected chi connectivity index (χ0v) is 14.7. The average Bonchev–Trinajstić information content (AvgIpc) is 2.58. The van der Waals surface area contributed by atoms with Gasteiger partial charge in [0.1, 0.15) is 11.8 Å². The molecule has 1 unspecified atom stereocenters. The van der Waals surface area contributed by atoms with Crippen LogP contribution < -0.4 is 15.8 Å². The van der Waals surface area contributed by atoms with Crippen LogP contribution in [0.15, 0.2) is 24.3 Å². The van der Waals surface area contributed by atoms with Gasteiger partial charge in [0.25, 0.3) is 0 Å². The number of rotatable bonds is 10. The zero-order chi connectivity index (χ0) is 19.7. The smallest absolute Gasteiger partial charge is 0.326 e. The predicted octanol–water partition coefficient (Wildman–Crippen LogP) is -0.00780. The van der Waals surface area contributed by atoms with Gasteiger partial charge in [-0.05, 0) is 25.1 Å². The number of hydrogen-bond donors (Lipinski definition) is 3. The summed E-state index contributed by atoms with van der Waals surface area (Å²) in [6, 6.07) is 5.18. The molecule has 0 aliphatic rings. The van der Waals surface area contributed by atoms with Crippen molar-refractivity contribution in [1.82, 2.24) is 10.2 Å². The van der Waals surface area contributed by atoms with Gasteiger partial charge in [-0.2, -0.15) is 0 Å². The first-order valence-electron chi connectivity index (χ1n) is 8.01. The molecule has 0 fully saturated rings. The van der Waals surface area contributed by atoms with Gasteiger partial charge < -0.3 is 25.8 Å². The molecular weight excluding hydrogens is 342 g/mol. The largest absolute Gasteiger partial charge is 0.493 e. The van der Waals surface area contributed by atoms with Crippen LogP contribution in [-0.4, -0.2) is 59.4 Å². The van der Waals surface area contributed by atoms with Gasteiger partial charge in [-0.25, -0.2) is 4.79 Å². The van der Waals surface area contributed by atoms with Crippen LogP contribution in [0.1, 0.15) is 30.6 Å². The molecule has 0 saturated heterocycles. The molecule has 0 radical (unpaired) electrons. The molecule has 0 bridgehead atoms. The summed E-state index contributed by atoms with van der Waals surface area (Å²) in [7, 11) is 0. The Morgan fingerprint density at radius 1 is 1.31 bits per heavy atom. The minimum absolute atomic E-state index is 0.00399. The molecule has 0 saturated carbocycles. The topological polar surface area (TPSA) is 139 Å². The molecule has 0 heterocycles. The maximum atomic E-state index is 12.3. The van der Waals surface area contributed by atoms with E-state index in [1.54, 1.807) is 18.2 Å². The standard InChI is InChI=1S/C17H23N3O6/c1-11(17(24)25)20(8-7-19-12(2)21)15(22)6-9-26-14-5-3-4-13(10-14)16(18)23/h3-5,10-11H,6-9H2,1-2H3,(H2,18,23)(H,19,21)(H,24,25). The second-order valence-electron chi connectivity index (χ2n) is 5.57. The normalized spacial score (nSPS) is 11.3. The zero-order valence-electron chi connectivity index (χ0n) is 14.7. The third-order valence-electron chi connectivity index (χ3n) is 3.58. The van der Waals surface area contributed by atoms with Gasteiger partial charge in [-0.15, -0.1) is 0 Å². The number of nitrogens with zero attached hydrogens (tertiary/aromatic N) is 1. The van der Waals surface area contributed by atoms with Crippen molar-refractivity contribution in [2.45, 2.75) is 26.3 Å². The molecular formula is C17H23N3O6.